The number of nitrogens with zero attached hydrogens (tertiary/aromatic N) is 1. The molecule has 28 heavy (non-hydrogen) atoms. The number of rotatable bonds is 1. The highest BCUT2D eigenvalue weighted by atomic mass is 19.1. The van der Waals surface area contributed by atoms with Gasteiger partial charge in [-0.15, -0.1) is 0 Å². The largest absolute Gasteiger partial charge is 0.338 e. The minimum atomic E-state index is -1.32. The molecule has 0 bridgehead atoms. The van der Waals surface area contributed by atoms with Gasteiger partial charge in [-0.25, -0.2) is 4.39 Å². The summed E-state index contributed by atoms with van der Waals surface area (Å²) in [5, 5.41) is 5.18. The fraction of sp³-hybridized carbons (Fsp3) is 0.208. The number of carbonyl (C=O) groups is 1. The number of hydrogen-bond donors (Lipinski definition) is 1. The number of amides is 1. The van der Waals surface area contributed by atoms with E-state index in [-0.39, 0.29) is 11.7 Å². The van der Waals surface area contributed by atoms with Crippen LogP contribution in [0.4, 0.5) is 10.1 Å². The van der Waals surface area contributed by atoms with Crippen molar-refractivity contribution in [1.29, 1.82) is 0 Å². The first-order valence-corrected chi connectivity index (χ1v) is 9.48. The van der Waals surface area contributed by atoms with Gasteiger partial charge in [-0.2, -0.15) is 0 Å². The van der Waals surface area contributed by atoms with E-state index in [1.165, 1.54) is 0 Å². The summed E-state index contributed by atoms with van der Waals surface area (Å²) in [7, 11) is 0. The Bertz CT molecular complexity index is 1140. The first-order chi connectivity index (χ1) is 13.4. The summed E-state index contributed by atoms with van der Waals surface area (Å²) in [5.41, 5.74) is 0.514. The summed E-state index contributed by atoms with van der Waals surface area (Å²) in [6, 6.07) is 21.6. The van der Waals surface area contributed by atoms with E-state index in [9.17, 15) is 4.79 Å². The van der Waals surface area contributed by atoms with Crippen molar-refractivity contribution in [3.63, 3.8) is 0 Å². The number of halogens is 1. The smallest absolute Gasteiger partial charge is 0.229 e. The minimum absolute atomic E-state index is 0.152. The molecule has 1 unspecified atom stereocenters. The fourth-order valence-corrected chi connectivity index (χ4v) is 4.32. The molecule has 2 aliphatic heterocycles. The summed E-state index contributed by atoms with van der Waals surface area (Å²) in [6.45, 7) is 4.21. The first kappa shape index (κ1) is 17.0. The van der Waals surface area contributed by atoms with Gasteiger partial charge in [-0.1, -0.05) is 54.6 Å². The van der Waals surface area contributed by atoms with Crippen LogP contribution in [0.2, 0.25) is 0 Å². The van der Waals surface area contributed by atoms with Crippen LogP contribution in [0.1, 0.15) is 25.0 Å². The predicted molar refractivity (Wildman–Crippen MR) is 110 cm³/mol. The van der Waals surface area contributed by atoms with E-state index in [1.807, 2.05) is 73.3 Å². The monoisotopic (exact) mass is 372 g/mol. The van der Waals surface area contributed by atoms with Crippen LogP contribution in [0.15, 0.2) is 72.6 Å². The number of carbonyl (C=O) groups excluding carboxylic acids is 1. The molecule has 1 saturated heterocycles. The van der Waals surface area contributed by atoms with Gasteiger partial charge in [-0.3, -0.25) is 4.79 Å². The Hall–Kier alpha value is -3.14. The van der Waals surface area contributed by atoms with E-state index in [2.05, 4.69) is 17.4 Å². The topological polar surface area (TPSA) is 32.3 Å². The third-order valence-electron chi connectivity index (χ3n) is 5.87. The van der Waals surface area contributed by atoms with E-state index < -0.39 is 11.1 Å². The number of anilines is 1. The molecule has 1 amide bonds. The van der Waals surface area contributed by atoms with Gasteiger partial charge in [0.1, 0.15) is 0 Å². The molecule has 140 valence electrons. The van der Waals surface area contributed by atoms with Crippen LogP contribution < -0.4 is 10.2 Å². The molecule has 0 aromatic heterocycles. The second kappa shape index (κ2) is 5.68. The molecule has 4 heteroatoms. The van der Waals surface area contributed by atoms with E-state index >= 15 is 4.39 Å². The van der Waals surface area contributed by atoms with Crippen molar-refractivity contribution in [3.8, 4) is 0 Å². The number of fused-ring (bicyclic) bond motifs is 4. The quantitative estimate of drug-likeness (QED) is 0.653. The summed E-state index contributed by atoms with van der Waals surface area (Å²) in [5.74, 6) is -0.522. The van der Waals surface area contributed by atoms with Crippen LogP contribution in [0.5, 0.6) is 0 Å². The maximum atomic E-state index is 15.8. The van der Waals surface area contributed by atoms with Crippen LogP contribution in [0, 0.1) is 5.41 Å². The van der Waals surface area contributed by atoms with Crippen LogP contribution in [-0.2, 0) is 10.5 Å². The van der Waals surface area contributed by atoms with E-state index in [0.29, 0.717) is 12.1 Å². The zero-order chi connectivity index (χ0) is 19.5. The lowest BCUT2D eigenvalue weighted by molar-refractivity contribution is -0.133. The zero-order valence-corrected chi connectivity index (χ0v) is 15.9. The molecule has 1 atom stereocenters. The highest BCUT2D eigenvalue weighted by Crippen LogP contribution is 2.49. The Labute approximate surface area is 163 Å². The maximum absolute atomic E-state index is 15.8. The Kier molecular flexibility index (Phi) is 3.45. The van der Waals surface area contributed by atoms with Gasteiger partial charge in [0, 0.05) is 23.4 Å². The van der Waals surface area contributed by atoms with Crippen molar-refractivity contribution in [1.82, 2.24) is 5.32 Å². The molecule has 0 spiro atoms. The summed E-state index contributed by atoms with van der Waals surface area (Å²) in [6.07, 6.45) is 1.56. The predicted octanol–water partition coefficient (Wildman–Crippen LogP) is 4.98. The molecule has 2 heterocycles. The van der Waals surface area contributed by atoms with Gasteiger partial charge in [0.2, 0.25) is 5.91 Å². The third kappa shape index (κ3) is 2.24. The maximum Gasteiger partial charge on any atom is 0.229 e. The third-order valence-corrected chi connectivity index (χ3v) is 5.87. The van der Waals surface area contributed by atoms with E-state index in [0.717, 1.165) is 22.0 Å². The van der Waals surface area contributed by atoms with Crippen LogP contribution in [0.25, 0.3) is 16.8 Å². The molecule has 0 radical (unpaired) electrons. The normalized spacial score (nSPS) is 22.9. The number of nitrogens with one attached hydrogen (secondary N) is 1. The summed E-state index contributed by atoms with van der Waals surface area (Å²) in [4.78, 5) is 14.9. The van der Waals surface area contributed by atoms with Crippen molar-refractivity contribution >= 4 is 28.4 Å². The standard InChI is InChI=1S/C24H21FN2O/c1-23(2)15-27-20-13-17-9-7-6-8-16(17)12-18(20)14-21(25)24(27,26-22(23)28)19-10-4-3-5-11-19/h3-14H,15H2,1-2H3,(H,26,28). The lowest BCUT2D eigenvalue weighted by Crippen LogP contribution is -2.69. The van der Waals surface area contributed by atoms with Crippen molar-refractivity contribution in [3.05, 3.63) is 83.7 Å². The second-order valence-electron chi connectivity index (χ2n) is 8.25. The minimum Gasteiger partial charge on any atom is -0.338 e. The highest BCUT2D eigenvalue weighted by Gasteiger charge is 2.54. The van der Waals surface area contributed by atoms with Crippen LogP contribution >= 0.6 is 0 Å². The van der Waals surface area contributed by atoms with Gasteiger partial charge < -0.3 is 10.2 Å². The molecule has 1 fully saturated rings. The number of benzene rings is 3. The Morgan fingerprint density at radius 2 is 1.61 bits per heavy atom. The zero-order valence-electron chi connectivity index (χ0n) is 15.9. The molecule has 5 rings (SSSR count). The van der Waals surface area contributed by atoms with E-state index in [4.69, 9.17) is 0 Å². The molecule has 3 nitrogen and oxygen atoms in total. The molecule has 2 aliphatic rings. The summed E-state index contributed by atoms with van der Waals surface area (Å²) >= 11 is 0. The Morgan fingerprint density at radius 3 is 2.32 bits per heavy atom. The molecular weight excluding hydrogens is 351 g/mol. The van der Waals surface area contributed by atoms with Crippen molar-refractivity contribution in [2.24, 2.45) is 5.41 Å². The average molecular weight is 372 g/mol. The molecule has 3 aromatic carbocycles. The van der Waals surface area contributed by atoms with Gasteiger partial charge in [0.25, 0.3) is 0 Å². The Morgan fingerprint density at radius 1 is 0.964 bits per heavy atom. The average Bonchev–Trinajstić information content (AvgIpc) is 2.69. The van der Waals surface area contributed by atoms with Crippen LogP contribution in [-0.4, -0.2) is 12.5 Å². The summed E-state index contributed by atoms with van der Waals surface area (Å²) < 4.78 is 15.8. The fourth-order valence-electron chi connectivity index (χ4n) is 4.32. The van der Waals surface area contributed by atoms with E-state index in [1.54, 1.807) is 6.08 Å². The van der Waals surface area contributed by atoms with Crippen molar-refractivity contribution in [2.45, 2.75) is 19.5 Å². The lowest BCUT2D eigenvalue weighted by atomic mass is 9.80. The lowest BCUT2D eigenvalue weighted by Gasteiger charge is -2.54. The van der Waals surface area contributed by atoms with Crippen molar-refractivity contribution < 1.29 is 9.18 Å². The Balaban J connectivity index is 1.81. The second-order valence-corrected chi connectivity index (χ2v) is 8.25. The molecule has 0 saturated carbocycles. The van der Waals surface area contributed by atoms with Gasteiger partial charge in [0.15, 0.2) is 11.5 Å². The first-order valence-electron chi connectivity index (χ1n) is 9.48. The van der Waals surface area contributed by atoms with Gasteiger partial charge >= 0.3 is 0 Å². The van der Waals surface area contributed by atoms with Gasteiger partial charge in [0.05, 0.1) is 5.41 Å². The molecular formula is C24H21FN2O. The molecule has 0 aliphatic carbocycles. The van der Waals surface area contributed by atoms with Crippen LogP contribution in [0.3, 0.4) is 0 Å². The van der Waals surface area contributed by atoms with Gasteiger partial charge in [-0.05, 0) is 42.8 Å². The van der Waals surface area contributed by atoms with Crippen molar-refractivity contribution in [2.75, 3.05) is 11.4 Å². The molecule has 3 aromatic rings. The SMILES string of the molecule is CC1(C)CN2c3cc4ccccc4cc3C=C(F)C2(c2ccccc2)NC1=O. The number of hydrogen-bond acceptors (Lipinski definition) is 2. The highest BCUT2D eigenvalue weighted by molar-refractivity contribution is 5.95. The molecule has 1 N–H and O–H groups in total.